The summed E-state index contributed by atoms with van der Waals surface area (Å²) in [7, 11) is 3.03. The Balaban J connectivity index is 3.12. The summed E-state index contributed by atoms with van der Waals surface area (Å²) in [4.78, 5) is 22.1. The standard InChI is InChI=1S/C9H9FN2O3/c1-11(2)9(13)6-3-4-8(12(14)15)7(10)5-6/h3-5H,1-2H3. The van der Waals surface area contributed by atoms with Crippen LogP contribution in [0, 0.1) is 15.9 Å². The van der Waals surface area contributed by atoms with Gasteiger partial charge in [-0.25, -0.2) is 0 Å². The van der Waals surface area contributed by atoms with Gasteiger partial charge >= 0.3 is 5.69 Å². The van der Waals surface area contributed by atoms with Crippen molar-refractivity contribution in [1.82, 2.24) is 4.90 Å². The van der Waals surface area contributed by atoms with E-state index in [0.29, 0.717) is 0 Å². The second-order valence-corrected chi connectivity index (χ2v) is 3.12. The normalized spacial score (nSPS) is 9.80. The third-order valence-corrected chi connectivity index (χ3v) is 1.80. The van der Waals surface area contributed by atoms with Crippen LogP contribution >= 0.6 is 0 Å². The third-order valence-electron chi connectivity index (χ3n) is 1.80. The maximum absolute atomic E-state index is 13.1. The molecule has 0 aliphatic carbocycles. The number of amides is 1. The van der Waals surface area contributed by atoms with Gasteiger partial charge in [0.1, 0.15) is 0 Å². The van der Waals surface area contributed by atoms with Crippen LogP contribution in [0.25, 0.3) is 0 Å². The summed E-state index contributed by atoms with van der Waals surface area (Å²) in [6.45, 7) is 0. The average Bonchev–Trinajstić information content (AvgIpc) is 2.15. The van der Waals surface area contributed by atoms with E-state index in [-0.39, 0.29) is 5.56 Å². The predicted octanol–water partition coefficient (Wildman–Crippen LogP) is 1.44. The van der Waals surface area contributed by atoms with Gasteiger partial charge in [-0.3, -0.25) is 14.9 Å². The Morgan fingerprint density at radius 3 is 2.47 bits per heavy atom. The highest BCUT2D eigenvalue weighted by Crippen LogP contribution is 2.18. The fraction of sp³-hybridized carbons (Fsp3) is 0.222. The van der Waals surface area contributed by atoms with Gasteiger partial charge < -0.3 is 4.90 Å². The lowest BCUT2D eigenvalue weighted by Gasteiger charge is -2.09. The number of benzene rings is 1. The van der Waals surface area contributed by atoms with E-state index in [1.807, 2.05) is 0 Å². The number of carbonyl (C=O) groups excluding carboxylic acids is 1. The third kappa shape index (κ3) is 2.28. The van der Waals surface area contributed by atoms with Gasteiger partial charge in [-0.15, -0.1) is 0 Å². The van der Waals surface area contributed by atoms with Crippen LogP contribution in [0.2, 0.25) is 0 Å². The lowest BCUT2D eigenvalue weighted by atomic mass is 10.2. The van der Waals surface area contributed by atoms with E-state index in [4.69, 9.17) is 0 Å². The molecule has 0 heterocycles. The van der Waals surface area contributed by atoms with E-state index in [2.05, 4.69) is 0 Å². The van der Waals surface area contributed by atoms with Crippen molar-refractivity contribution < 1.29 is 14.1 Å². The zero-order chi connectivity index (χ0) is 11.6. The van der Waals surface area contributed by atoms with Gasteiger partial charge in [0, 0.05) is 25.7 Å². The molecule has 0 bridgehead atoms. The predicted molar refractivity (Wildman–Crippen MR) is 51.1 cm³/mol. The van der Waals surface area contributed by atoms with Crippen LogP contribution in [0.1, 0.15) is 10.4 Å². The Bertz CT molecular complexity index is 418. The number of nitro benzene ring substituents is 1. The molecule has 1 rings (SSSR count). The van der Waals surface area contributed by atoms with Gasteiger partial charge in [0.25, 0.3) is 5.91 Å². The van der Waals surface area contributed by atoms with Crippen LogP contribution in [-0.2, 0) is 0 Å². The zero-order valence-electron chi connectivity index (χ0n) is 8.23. The van der Waals surface area contributed by atoms with Crippen molar-refractivity contribution in [1.29, 1.82) is 0 Å². The zero-order valence-corrected chi connectivity index (χ0v) is 8.23. The van der Waals surface area contributed by atoms with Crippen molar-refractivity contribution in [2.24, 2.45) is 0 Å². The van der Waals surface area contributed by atoms with E-state index >= 15 is 0 Å². The first-order chi connectivity index (χ1) is 6.93. The molecule has 0 spiro atoms. The van der Waals surface area contributed by atoms with Crippen molar-refractivity contribution in [2.45, 2.75) is 0 Å². The van der Waals surface area contributed by atoms with E-state index < -0.39 is 22.3 Å². The molecule has 0 aromatic heterocycles. The Kier molecular flexibility index (Phi) is 2.99. The fourth-order valence-electron chi connectivity index (χ4n) is 1.05. The maximum Gasteiger partial charge on any atom is 0.304 e. The smallest absolute Gasteiger partial charge is 0.304 e. The summed E-state index contributed by atoms with van der Waals surface area (Å²) < 4.78 is 13.1. The van der Waals surface area contributed by atoms with Crippen LogP contribution < -0.4 is 0 Å². The molecular formula is C9H9FN2O3. The minimum Gasteiger partial charge on any atom is -0.345 e. The summed E-state index contributed by atoms with van der Waals surface area (Å²) in [6, 6.07) is 3.07. The first-order valence-electron chi connectivity index (χ1n) is 4.09. The first kappa shape index (κ1) is 11.1. The molecule has 0 aliphatic rings. The molecule has 0 N–H and O–H groups in total. The number of hydrogen-bond donors (Lipinski definition) is 0. The molecule has 0 unspecified atom stereocenters. The lowest BCUT2D eigenvalue weighted by molar-refractivity contribution is -0.387. The molecule has 15 heavy (non-hydrogen) atoms. The van der Waals surface area contributed by atoms with Crippen molar-refractivity contribution >= 4 is 11.6 Å². The van der Waals surface area contributed by atoms with Gasteiger partial charge in [0.2, 0.25) is 5.82 Å². The number of carbonyl (C=O) groups is 1. The molecule has 0 aliphatic heterocycles. The minimum absolute atomic E-state index is 0.0862. The Hall–Kier alpha value is -1.98. The molecule has 0 radical (unpaired) electrons. The molecular weight excluding hydrogens is 203 g/mol. The number of nitrogens with zero attached hydrogens (tertiary/aromatic N) is 2. The van der Waals surface area contributed by atoms with Gasteiger partial charge in [-0.05, 0) is 12.1 Å². The average molecular weight is 212 g/mol. The van der Waals surface area contributed by atoms with E-state index in [9.17, 15) is 19.3 Å². The van der Waals surface area contributed by atoms with Crippen LogP contribution in [0.4, 0.5) is 10.1 Å². The van der Waals surface area contributed by atoms with E-state index in [0.717, 1.165) is 12.1 Å². The first-order valence-corrected chi connectivity index (χ1v) is 4.09. The molecule has 0 saturated carbocycles. The molecule has 1 aromatic carbocycles. The SMILES string of the molecule is CN(C)C(=O)c1ccc([N+](=O)[O-])c(F)c1. The van der Waals surface area contributed by atoms with Gasteiger partial charge in [-0.1, -0.05) is 0 Å². The second kappa shape index (κ2) is 4.04. The topological polar surface area (TPSA) is 63.5 Å². The second-order valence-electron chi connectivity index (χ2n) is 3.12. The molecule has 1 aromatic rings. The van der Waals surface area contributed by atoms with Gasteiger partial charge in [0.15, 0.2) is 0 Å². The molecule has 5 nitrogen and oxygen atoms in total. The van der Waals surface area contributed by atoms with Crippen molar-refractivity contribution in [3.05, 3.63) is 39.7 Å². The van der Waals surface area contributed by atoms with Gasteiger partial charge in [-0.2, -0.15) is 4.39 Å². The number of rotatable bonds is 2. The molecule has 1 amide bonds. The van der Waals surface area contributed by atoms with Gasteiger partial charge in [0.05, 0.1) is 4.92 Å². The maximum atomic E-state index is 13.1. The highest BCUT2D eigenvalue weighted by molar-refractivity contribution is 5.94. The summed E-state index contributed by atoms with van der Waals surface area (Å²) in [5, 5.41) is 10.3. The number of halogens is 1. The van der Waals surface area contributed by atoms with E-state index in [1.165, 1.54) is 25.1 Å². The number of nitro groups is 1. The largest absolute Gasteiger partial charge is 0.345 e. The summed E-state index contributed by atoms with van der Waals surface area (Å²) in [5.41, 5.74) is -0.548. The Morgan fingerprint density at radius 1 is 1.47 bits per heavy atom. The molecule has 6 heteroatoms. The monoisotopic (exact) mass is 212 g/mol. The van der Waals surface area contributed by atoms with E-state index in [1.54, 1.807) is 0 Å². The number of hydrogen-bond acceptors (Lipinski definition) is 3. The molecule has 0 saturated heterocycles. The van der Waals surface area contributed by atoms with Crippen LogP contribution in [-0.4, -0.2) is 29.8 Å². The van der Waals surface area contributed by atoms with Crippen molar-refractivity contribution in [3.8, 4) is 0 Å². The molecule has 0 fully saturated rings. The summed E-state index contributed by atoms with van der Waals surface area (Å²) in [6.07, 6.45) is 0. The van der Waals surface area contributed by atoms with Crippen molar-refractivity contribution in [3.63, 3.8) is 0 Å². The molecule has 0 atom stereocenters. The summed E-state index contributed by atoms with van der Waals surface area (Å²) >= 11 is 0. The van der Waals surface area contributed by atoms with Crippen LogP contribution in [0.15, 0.2) is 18.2 Å². The highest BCUT2D eigenvalue weighted by Gasteiger charge is 2.17. The van der Waals surface area contributed by atoms with Crippen LogP contribution in [0.3, 0.4) is 0 Å². The molecule has 80 valence electrons. The lowest BCUT2D eigenvalue weighted by Crippen LogP contribution is -2.21. The quantitative estimate of drug-likeness (QED) is 0.550. The fourth-order valence-corrected chi connectivity index (χ4v) is 1.05. The van der Waals surface area contributed by atoms with Crippen molar-refractivity contribution in [2.75, 3.05) is 14.1 Å². The van der Waals surface area contributed by atoms with Crippen LogP contribution in [0.5, 0.6) is 0 Å². The Morgan fingerprint density at radius 2 is 2.07 bits per heavy atom. The summed E-state index contributed by atoms with van der Waals surface area (Å²) in [5.74, 6) is -1.41. The Labute approximate surface area is 85.3 Å². The highest BCUT2D eigenvalue weighted by atomic mass is 19.1. The minimum atomic E-state index is -1.01.